The molecule has 0 amide bonds. The van der Waals surface area contributed by atoms with Crippen molar-refractivity contribution < 1.29 is 22.0 Å². The van der Waals surface area contributed by atoms with Crippen molar-refractivity contribution in [1.82, 2.24) is 0 Å². The zero-order chi connectivity index (χ0) is 19.0. The molecule has 4 aromatic rings. The monoisotopic (exact) mass is 380 g/mol. The van der Waals surface area contributed by atoms with Crippen molar-refractivity contribution in [2.45, 2.75) is 9.79 Å². The van der Waals surface area contributed by atoms with Crippen LogP contribution in [0.3, 0.4) is 0 Å². The SMILES string of the molecule is O=Cc1ccc(-c2cc3cc(S(=O)(=O)c4ccccc4)ccc3o2)c(F)c1. The molecule has 134 valence electrons. The number of fused-ring (bicyclic) bond motifs is 1. The molecule has 0 atom stereocenters. The molecule has 1 heterocycles. The molecule has 0 N–H and O–H groups in total. The van der Waals surface area contributed by atoms with Gasteiger partial charge in [0.15, 0.2) is 0 Å². The minimum absolute atomic E-state index is 0.130. The maximum absolute atomic E-state index is 14.2. The second-order valence-electron chi connectivity index (χ2n) is 5.98. The second-order valence-corrected chi connectivity index (χ2v) is 7.93. The van der Waals surface area contributed by atoms with Crippen LogP contribution in [0.25, 0.3) is 22.3 Å². The van der Waals surface area contributed by atoms with Crippen LogP contribution in [0.4, 0.5) is 4.39 Å². The normalized spacial score (nSPS) is 11.6. The van der Waals surface area contributed by atoms with E-state index in [4.69, 9.17) is 4.42 Å². The molecule has 0 saturated carbocycles. The minimum Gasteiger partial charge on any atom is -0.456 e. The van der Waals surface area contributed by atoms with Gasteiger partial charge in [-0.05, 0) is 48.5 Å². The van der Waals surface area contributed by atoms with E-state index in [0.717, 1.165) is 6.07 Å². The lowest BCUT2D eigenvalue weighted by atomic mass is 10.1. The first-order chi connectivity index (χ1) is 13.0. The quantitative estimate of drug-likeness (QED) is 0.473. The Bertz CT molecular complexity index is 1260. The highest BCUT2D eigenvalue weighted by Crippen LogP contribution is 2.32. The third kappa shape index (κ3) is 3.04. The van der Waals surface area contributed by atoms with Crippen LogP contribution in [0.15, 0.2) is 87.0 Å². The molecule has 0 fully saturated rings. The number of carbonyl (C=O) groups excluding carboxylic acids is 1. The molecule has 0 aliphatic carbocycles. The highest BCUT2D eigenvalue weighted by atomic mass is 32.2. The highest BCUT2D eigenvalue weighted by molar-refractivity contribution is 7.91. The molecule has 4 nitrogen and oxygen atoms in total. The van der Waals surface area contributed by atoms with Gasteiger partial charge >= 0.3 is 0 Å². The van der Waals surface area contributed by atoms with Crippen molar-refractivity contribution in [3.63, 3.8) is 0 Å². The van der Waals surface area contributed by atoms with E-state index in [1.165, 1.54) is 36.4 Å². The molecule has 0 aliphatic heterocycles. The Morgan fingerprint density at radius 3 is 2.33 bits per heavy atom. The van der Waals surface area contributed by atoms with Crippen LogP contribution in [0.1, 0.15) is 10.4 Å². The van der Waals surface area contributed by atoms with E-state index in [-0.39, 0.29) is 26.7 Å². The number of halogens is 1. The second kappa shape index (κ2) is 6.48. The van der Waals surface area contributed by atoms with Gasteiger partial charge in [0.25, 0.3) is 0 Å². The van der Waals surface area contributed by atoms with Crippen LogP contribution in [-0.2, 0) is 9.84 Å². The summed E-state index contributed by atoms with van der Waals surface area (Å²) in [6.07, 6.45) is 0.562. The van der Waals surface area contributed by atoms with Crippen molar-refractivity contribution in [3.05, 3.63) is 84.2 Å². The van der Waals surface area contributed by atoms with E-state index in [0.29, 0.717) is 17.3 Å². The number of benzene rings is 3. The fourth-order valence-electron chi connectivity index (χ4n) is 2.86. The van der Waals surface area contributed by atoms with E-state index in [1.54, 1.807) is 30.3 Å². The van der Waals surface area contributed by atoms with Gasteiger partial charge < -0.3 is 4.42 Å². The number of rotatable bonds is 4. The summed E-state index contributed by atoms with van der Waals surface area (Å²) in [7, 11) is -3.66. The average molecular weight is 380 g/mol. The van der Waals surface area contributed by atoms with Crippen LogP contribution in [-0.4, -0.2) is 14.7 Å². The average Bonchev–Trinajstić information content (AvgIpc) is 3.11. The summed E-state index contributed by atoms with van der Waals surface area (Å²) in [5.41, 5.74) is 0.865. The van der Waals surface area contributed by atoms with Gasteiger partial charge in [-0.15, -0.1) is 0 Å². The molecule has 4 rings (SSSR count). The van der Waals surface area contributed by atoms with Crippen LogP contribution in [0, 0.1) is 5.82 Å². The maximum atomic E-state index is 14.2. The summed E-state index contributed by atoms with van der Waals surface area (Å²) >= 11 is 0. The Morgan fingerprint density at radius 2 is 1.63 bits per heavy atom. The predicted octanol–water partition coefficient (Wildman–Crippen LogP) is 4.88. The number of furan rings is 1. The molecule has 0 unspecified atom stereocenters. The van der Waals surface area contributed by atoms with Gasteiger partial charge in [0.05, 0.1) is 15.4 Å². The third-order valence-electron chi connectivity index (χ3n) is 4.25. The van der Waals surface area contributed by atoms with Gasteiger partial charge in [-0.1, -0.05) is 24.3 Å². The van der Waals surface area contributed by atoms with Crippen molar-refractivity contribution in [3.8, 4) is 11.3 Å². The Hall–Kier alpha value is -3.25. The molecule has 0 bridgehead atoms. The number of hydrogen-bond donors (Lipinski definition) is 0. The lowest BCUT2D eigenvalue weighted by Gasteiger charge is -2.04. The van der Waals surface area contributed by atoms with Gasteiger partial charge in [-0.3, -0.25) is 4.79 Å². The summed E-state index contributed by atoms with van der Waals surface area (Å²) in [6.45, 7) is 0. The topological polar surface area (TPSA) is 64.3 Å². The maximum Gasteiger partial charge on any atom is 0.206 e. The first-order valence-corrected chi connectivity index (χ1v) is 9.56. The lowest BCUT2D eigenvalue weighted by molar-refractivity contribution is 0.112. The number of aldehydes is 1. The molecule has 27 heavy (non-hydrogen) atoms. The van der Waals surface area contributed by atoms with Gasteiger partial charge in [0, 0.05) is 10.9 Å². The summed E-state index contributed by atoms with van der Waals surface area (Å²) < 4.78 is 45.4. The summed E-state index contributed by atoms with van der Waals surface area (Å²) in [6, 6.07) is 18.3. The van der Waals surface area contributed by atoms with Crippen molar-refractivity contribution in [2.75, 3.05) is 0 Å². The van der Waals surface area contributed by atoms with E-state index in [1.807, 2.05) is 0 Å². The van der Waals surface area contributed by atoms with Crippen molar-refractivity contribution >= 4 is 27.1 Å². The standard InChI is InChI=1S/C21H13FO4S/c22-19-10-14(13-23)6-8-18(19)21-12-15-11-17(7-9-20(15)26-21)27(24,25)16-4-2-1-3-5-16/h1-13H. The molecule has 1 aromatic heterocycles. The predicted molar refractivity (Wildman–Crippen MR) is 98.9 cm³/mol. The highest BCUT2D eigenvalue weighted by Gasteiger charge is 2.19. The minimum atomic E-state index is -3.66. The zero-order valence-corrected chi connectivity index (χ0v) is 14.7. The van der Waals surface area contributed by atoms with Crippen LogP contribution in [0.5, 0.6) is 0 Å². The zero-order valence-electron chi connectivity index (χ0n) is 13.9. The first kappa shape index (κ1) is 17.2. The van der Waals surface area contributed by atoms with Crippen LogP contribution in [0.2, 0.25) is 0 Å². The van der Waals surface area contributed by atoms with Crippen molar-refractivity contribution in [1.29, 1.82) is 0 Å². The van der Waals surface area contributed by atoms with E-state index in [2.05, 4.69) is 0 Å². The van der Waals surface area contributed by atoms with E-state index in [9.17, 15) is 17.6 Å². The molecule has 0 aliphatic rings. The smallest absolute Gasteiger partial charge is 0.206 e. The van der Waals surface area contributed by atoms with E-state index < -0.39 is 15.7 Å². The molecule has 3 aromatic carbocycles. The van der Waals surface area contributed by atoms with Gasteiger partial charge in [-0.2, -0.15) is 0 Å². The number of sulfone groups is 1. The Morgan fingerprint density at radius 1 is 0.852 bits per heavy atom. The Balaban J connectivity index is 1.80. The number of carbonyl (C=O) groups is 1. The van der Waals surface area contributed by atoms with Gasteiger partial charge in [0.2, 0.25) is 9.84 Å². The fourth-order valence-corrected chi connectivity index (χ4v) is 4.18. The van der Waals surface area contributed by atoms with Crippen LogP contribution < -0.4 is 0 Å². The van der Waals surface area contributed by atoms with Crippen molar-refractivity contribution in [2.24, 2.45) is 0 Å². The Labute approximate surface area is 154 Å². The molecule has 0 radical (unpaired) electrons. The summed E-state index contributed by atoms with van der Waals surface area (Å²) in [5, 5.41) is 0.542. The van der Waals surface area contributed by atoms with Gasteiger partial charge in [0.1, 0.15) is 23.4 Å². The van der Waals surface area contributed by atoms with E-state index >= 15 is 0 Å². The fraction of sp³-hybridized carbons (Fsp3) is 0. The summed E-state index contributed by atoms with van der Waals surface area (Å²) in [4.78, 5) is 11.1. The third-order valence-corrected chi connectivity index (χ3v) is 6.01. The number of hydrogen-bond acceptors (Lipinski definition) is 4. The molecular formula is C21H13FO4S. The largest absolute Gasteiger partial charge is 0.456 e. The molecule has 6 heteroatoms. The molecule has 0 saturated heterocycles. The summed E-state index contributed by atoms with van der Waals surface area (Å²) in [5.74, 6) is -0.329. The Kier molecular flexibility index (Phi) is 4.12. The first-order valence-electron chi connectivity index (χ1n) is 8.08. The van der Waals surface area contributed by atoms with Gasteiger partial charge in [-0.25, -0.2) is 12.8 Å². The molecule has 0 spiro atoms. The molecular weight excluding hydrogens is 367 g/mol. The van der Waals surface area contributed by atoms with Crippen LogP contribution >= 0.6 is 0 Å². The lowest BCUT2D eigenvalue weighted by Crippen LogP contribution is -2.01.